The zero-order valence-corrected chi connectivity index (χ0v) is 11.2. The number of benzene rings is 1. The first-order valence-corrected chi connectivity index (χ1v) is 7.39. The van der Waals surface area contributed by atoms with E-state index in [9.17, 15) is 0 Å². The molecule has 1 saturated heterocycles. The SMILES string of the molecule is C[C@@H](NC1CCCSC1)c1ccccc1Cl. The molecule has 1 aliphatic heterocycles. The van der Waals surface area contributed by atoms with Gasteiger partial charge in [0.25, 0.3) is 0 Å². The molecule has 2 rings (SSSR count). The van der Waals surface area contributed by atoms with Gasteiger partial charge in [0, 0.05) is 22.9 Å². The lowest BCUT2D eigenvalue weighted by atomic mass is 10.1. The largest absolute Gasteiger partial charge is 0.307 e. The lowest BCUT2D eigenvalue weighted by molar-refractivity contribution is 0.453. The van der Waals surface area contributed by atoms with Crippen molar-refractivity contribution in [2.75, 3.05) is 11.5 Å². The fourth-order valence-corrected chi connectivity index (χ4v) is 3.53. The van der Waals surface area contributed by atoms with E-state index in [0.29, 0.717) is 12.1 Å². The molecule has 0 amide bonds. The predicted octanol–water partition coefficient (Wildman–Crippen LogP) is 3.89. The first kappa shape index (κ1) is 12.3. The maximum absolute atomic E-state index is 6.19. The highest BCUT2D eigenvalue weighted by Crippen LogP contribution is 2.25. The van der Waals surface area contributed by atoms with Crippen LogP contribution in [0.4, 0.5) is 0 Å². The van der Waals surface area contributed by atoms with Crippen LogP contribution in [0.2, 0.25) is 5.02 Å². The average molecular weight is 256 g/mol. The molecule has 1 nitrogen and oxygen atoms in total. The third-order valence-electron chi connectivity index (χ3n) is 3.02. The molecule has 2 atom stereocenters. The topological polar surface area (TPSA) is 12.0 Å². The summed E-state index contributed by atoms with van der Waals surface area (Å²) in [5, 5.41) is 4.54. The first-order chi connectivity index (χ1) is 7.77. The molecule has 1 aliphatic rings. The van der Waals surface area contributed by atoms with E-state index in [0.717, 1.165) is 5.02 Å². The maximum Gasteiger partial charge on any atom is 0.0453 e. The molecule has 1 aromatic rings. The van der Waals surface area contributed by atoms with Crippen LogP contribution in [-0.4, -0.2) is 17.5 Å². The summed E-state index contributed by atoms with van der Waals surface area (Å²) in [6.07, 6.45) is 2.62. The summed E-state index contributed by atoms with van der Waals surface area (Å²) in [5.41, 5.74) is 1.21. The van der Waals surface area contributed by atoms with Gasteiger partial charge >= 0.3 is 0 Å². The van der Waals surface area contributed by atoms with E-state index in [1.54, 1.807) is 0 Å². The van der Waals surface area contributed by atoms with Gasteiger partial charge in [0.1, 0.15) is 0 Å². The van der Waals surface area contributed by atoms with Crippen molar-refractivity contribution in [3.8, 4) is 0 Å². The van der Waals surface area contributed by atoms with Crippen LogP contribution in [0.1, 0.15) is 31.4 Å². The van der Waals surface area contributed by atoms with Crippen LogP contribution in [0.5, 0.6) is 0 Å². The van der Waals surface area contributed by atoms with Gasteiger partial charge in [-0.05, 0) is 37.1 Å². The Bertz CT molecular complexity index is 336. The summed E-state index contributed by atoms with van der Waals surface area (Å²) in [4.78, 5) is 0. The van der Waals surface area contributed by atoms with Crippen molar-refractivity contribution in [2.45, 2.75) is 31.8 Å². The summed E-state index contributed by atoms with van der Waals surface area (Å²) in [7, 11) is 0. The second-order valence-corrected chi connectivity index (χ2v) is 5.88. The second kappa shape index (κ2) is 5.95. The molecule has 0 radical (unpaired) electrons. The Labute approximate surface area is 107 Å². The number of thioether (sulfide) groups is 1. The van der Waals surface area contributed by atoms with Gasteiger partial charge in [0.05, 0.1) is 0 Å². The van der Waals surface area contributed by atoms with Crippen LogP contribution in [0.25, 0.3) is 0 Å². The first-order valence-electron chi connectivity index (χ1n) is 5.85. The van der Waals surface area contributed by atoms with E-state index in [1.807, 2.05) is 23.9 Å². The van der Waals surface area contributed by atoms with Crippen molar-refractivity contribution >= 4 is 23.4 Å². The number of hydrogen-bond donors (Lipinski definition) is 1. The van der Waals surface area contributed by atoms with Crippen molar-refractivity contribution in [3.63, 3.8) is 0 Å². The van der Waals surface area contributed by atoms with E-state index in [-0.39, 0.29) is 0 Å². The molecule has 0 spiro atoms. The molecular formula is C13H18ClNS. The molecule has 1 N–H and O–H groups in total. The van der Waals surface area contributed by atoms with Crippen molar-refractivity contribution in [3.05, 3.63) is 34.9 Å². The summed E-state index contributed by atoms with van der Waals surface area (Å²) < 4.78 is 0. The Kier molecular flexibility index (Phi) is 4.56. The lowest BCUT2D eigenvalue weighted by Crippen LogP contribution is -2.35. The minimum absolute atomic E-state index is 0.345. The molecule has 1 unspecified atom stereocenters. The summed E-state index contributed by atoms with van der Waals surface area (Å²) in [6.45, 7) is 2.19. The number of halogens is 1. The van der Waals surface area contributed by atoms with Crippen molar-refractivity contribution in [2.24, 2.45) is 0 Å². The van der Waals surface area contributed by atoms with Gasteiger partial charge in [-0.2, -0.15) is 11.8 Å². The van der Waals surface area contributed by atoms with Crippen molar-refractivity contribution in [1.82, 2.24) is 5.32 Å². The molecule has 1 aromatic carbocycles. The molecule has 0 saturated carbocycles. The minimum atomic E-state index is 0.345. The molecular weight excluding hydrogens is 238 g/mol. The molecule has 88 valence electrons. The minimum Gasteiger partial charge on any atom is -0.307 e. The number of hydrogen-bond acceptors (Lipinski definition) is 2. The normalized spacial score (nSPS) is 23.0. The van der Waals surface area contributed by atoms with Crippen LogP contribution in [0.15, 0.2) is 24.3 Å². The average Bonchev–Trinajstić information content (AvgIpc) is 2.31. The fourth-order valence-electron chi connectivity index (χ4n) is 2.14. The lowest BCUT2D eigenvalue weighted by Gasteiger charge is -2.26. The number of rotatable bonds is 3. The Morgan fingerprint density at radius 3 is 2.94 bits per heavy atom. The molecule has 0 aromatic heterocycles. The highest BCUT2D eigenvalue weighted by molar-refractivity contribution is 7.99. The molecule has 1 fully saturated rings. The van der Waals surface area contributed by atoms with Gasteiger partial charge in [-0.1, -0.05) is 29.8 Å². The third-order valence-corrected chi connectivity index (χ3v) is 4.58. The zero-order chi connectivity index (χ0) is 11.4. The van der Waals surface area contributed by atoms with Crippen LogP contribution >= 0.6 is 23.4 Å². The van der Waals surface area contributed by atoms with Crippen LogP contribution in [0, 0.1) is 0 Å². The van der Waals surface area contributed by atoms with Crippen LogP contribution in [0.3, 0.4) is 0 Å². The quantitative estimate of drug-likeness (QED) is 0.880. The Hall–Kier alpha value is -0.180. The summed E-state index contributed by atoms with van der Waals surface area (Å²) in [5.74, 6) is 2.55. The van der Waals surface area contributed by atoms with Crippen molar-refractivity contribution in [1.29, 1.82) is 0 Å². The fraction of sp³-hybridized carbons (Fsp3) is 0.538. The number of nitrogens with one attached hydrogen (secondary N) is 1. The smallest absolute Gasteiger partial charge is 0.0453 e. The second-order valence-electron chi connectivity index (χ2n) is 4.32. The van der Waals surface area contributed by atoms with Crippen LogP contribution in [-0.2, 0) is 0 Å². The van der Waals surface area contributed by atoms with E-state index in [1.165, 1.54) is 29.9 Å². The van der Waals surface area contributed by atoms with E-state index < -0.39 is 0 Å². The van der Waals surface area contributed by atoms with E-state index in [4.69, 9.17) is 11.6 Å². The van der Waals surface area contributed by atoms with Gasteiger partial charge < -0.3 is 5.32 Å². The van der Waals surface area contributed by atoms with Gasteiger partial charge in [-0.3, -0.25) is 0 Å². The molecule has 16 heavy (non-hydrogen) atoms. The van der Waals surface area contributed by atoms with Crippen LogP contribution < -0.4 is 5.32 Å². The van der Waals surface area contributed by atoms with Gasteiger partial charge in [-0.25, -0.2) is 0 Å². The van der Waals surface area contributed by atoms with Gasteiger partial charge in [0.2, 0.25) is 0 Å². The van der Waals surface area contributed by atoms with Gasteiger partial charge in [-0.15, -0.1) is 0 Å². The summed E-state index contributed by atoms with van der Waals surface area (Å²) >= 11 is 8.24. The maximum atomic E-state index is 6.19. The third kappa shape index (κ3) is 3.16. The Morgan fingerprint density at radius 1 is 1.44 bits per heavy atom. The van der Waals surface area contributed by atoms with E-state index >= 15 is 0 Å². The monoisotopic (exact) mass is 255 g/mol. The highest BCUT2D eigenvalue weighted by Gasteiger charge is 2.17. The Balaban J connectivity index is 1.96. The predicted molar refractivity (Wildman–Crippen MR) is 73.3 cm³/mol. The Morgan fingerprint density at radius 2 is 2.25 bits per heavy atom. The summed E-state index contributed by atoms with van der Waals surface area (Å²) in [6, 6.07) is 9.09. The zero-order valence-electron chi connectivity index (χ0n) is 9.58. The molecule has 0 bridgehead atoms. The van der Waals surface area contributed by atoms with Gasteiger partial charge in [0.15, 0.2) is 0 Å². The molecule has 1 heterocycles. The molecule has 3 heteroatoms. The molecule has 0 aliphatic carbocycles. The van der Waals surface area contributed by atoms with E-state index in [2.05, 4.69) is 24.4 Å². The highest BCUT2D eigenvalue weighted by atomic mass is 35.5. The van der Waals surface area contributed by atoms with Crippen molar-refractivity contribution < 1.29 is 0 Å². The standard InChI is InChI=1S/C13H18ClNS/c1-10(12-6-2-3-7-13(12)14)15-11-5-4-8-16-9-11/h2-3,6-7,10-11,15H,4-5,8-9H2,1H3/t10-,11?/m1/s1.